The molecule has 4 saturated carbocycles. The van der Waals surface area contributed by atoms with Gasteiger partial charge >= 0.3 is 0 Å². The number of methoxy groups -OCH3 is 2. The summed E-state index contributed by atoms with van der Waals surface area (Å²) in [5, 5.41) is 10.1. The van der Waals surface area contributed by atoms with Crippen molar-refractivity contribution in [2.45, 2.75) is 116 Å². The fourth-order valence-electron chi connectivity index (χ4n) is 12.4. The third-order valence-corrected chi connectivity index (χ3v) is 15.5. The van der Waals surface area contributed by atoms with Crippen molar-refractivity contribution in [3.63, 3.8) is 0 Å². The molecule has 6 aliphatic rings. The number of phenols is 1. The molecule has 6 unspecified atom stereocenters. The first-order valence-electron chi connectivity index (χ1n) is 19.9. The van der Waals surface area contributed by atoms with Gasteiger partial charge in [0, 0.05) is 11.8 Å². The molecule has 3 aromatic carbocycles. The number of phenolic OH excluding ortho intramolecular Hbond substituents is 1. The van der Waals surface area contributed by atoms with Gasteiger partial charge in [0.1, 0.15) is 12.4 Å². The third kappa shape index (κ3) is 5.86. The third-order valence-electron chi connectivity index (χ3n) is 15.5. The summed E-state index contributed by atoms with van der Waals surface area (Å²) >= 11 is 0. The maximum atomic E-state index is 12.5. The minimum absolute atomic E-state index is 0.0680. The van der Waals surface area contributed by atoms with Crippen LogP contribution in [-0.2, 0) is 24.2 Å². The Hall–Kier alpha value is -3.47. The number of aryl methyl sites for hydroxylation is 2. The van der Waals surface area contributed by atoms with Gasteiger partial charge in [-0.1, -0.05) is 51.1 Å². The Kier molecular flexibility index (Phi) is 9.16. The molecule has 0 radical (unpaired) electrons. The first-order chi connectivity index (χ1) is 24.6. The fraction of sp³-hybridized carbons (Fsp3) is 0.587. The van der Waals surface area contributed by atoms with Crippen LogP contribution in [0.15, 0.2) is 54.6 Å². The van der Waals surface area contributed by atoms with E-state index < -0.39 is 0 Å². The Labute approximate surface area is 305 Å². The second-order valence-electron chi connectivity index (χ2n) is 17.5. The first kappa shape index (κ1) is 34.6. The summed E-state index contributed by atoms with van der Waals surface area (Å²) in [6.07, 6.45) is 14.2. The second-order valence-corrected chi connectivity index (χ2v) is 17.5. The van der Waals surface area contributed by atoms with E-state index >= 15 is 0 Å². The number of rotatable bonds is 5. The van der Waals surface area contributed by atoms with Crippen LogP contribution in [-0.4, -0.2) is 25.1 Å². The van der Waals surface area contributed by atoms with Gasteiger partial charge in [-0.05, 0) is 170 Å². The predicted octanol–water partition coefficient (Wildman–Crippen LogP) is 10.6. The van der Waals surface area contributed by atoms with E-state index in [2.05, 4.69) is 51.1 Å². The van der Waals surface area contributed by atoms with E-state index in [1.807, 2.05) is 24.3 Å². The first-order valence-corrected chi connectivity index (χ1v) is 19.9. The van der Waals surface area contributed by atoms with Crippen molar-refractivity contribution < 1.29 is 24.1 Å². The maximum Gasteiger partial charge on any atom is 0.161 e. The molecule has 0 aromatic heterocycles. The molecular weight excluding hydrogens is 633 g/mol. The lowest BCUT2D eigenvalue weighted by atomic mass is 9.54. The molecule has 5 heteroatoms. The number of ketones is 1. The lowest BCUT2D eigenvalue weighted by Gasteiger charge is -2.50. The molecule has 9 rings (SSSR count). The van der Waals surface area contributed by atoms with E-state index in [0.717, 1.165) is 73.3 Å². The molecule has 5 nitrogen and oxygen atoms in total. The minimum Gasteiger partial charge on any atom is -0.504 e. The smallest absolute Gasteiger partial charge is 0.161 e. The van der Waals surface area contributed by atoms with Gasteiger partial charge in [0.2, 0.25) is 0 Å². The minimum atomic E-state index is -0.0680. The van der Waals surface area contributed by atoms with Crippen molar-refractivity contribution in [2.24, 2.45) is 40.4 Å². The average molecular weight is 691 g/mol. The molecule has 1 N–H and O–H groups in total. The van der Waals surface area contributed by atoms with Gasteiger partial charge in [0.25, 0.3) is 0 Å². The highest BCUT2D eigenvalue weighted by Gasteiger charge is 2.55. The average Bonchev–Trinajstić information content (AvgIpc) is 3.63. The largest absolute Gasteiger partial charge is 0.504 e. The van der Waals surface area contributed by atoms with Crippen LogP contribution in [0.5, 0.6) is 23.0 Å². The maximum absolute atomic E-state index is 12.5. The van der Waals surface area contributed by atoms with Crippen molar-refractivity contribution >= 4 is 5.78 Å². The highest BCUT2D eigenvalue weighted by Crippen LogP contribution is 2.63. The lowest BCUT2D eigenvalue weighted by Crippen LogP contribution is -2.42. The summed E-state index contributed by atoms with van der Waals surface area (Å²) in [5.74, 6) is 8.17. The highest BCUT2D eigenvalue weighted by molar-refractivity contribution is 5.87. The number of carbonyl (C=O) groups excluding carboxylic acids is 1. The quantitative estimate of drug-likeness (QED) is 0.289. The zero-order valence-corrected chi connectivity index (χ0v) is 31.5. The highest BCUT2D eigenvalue weighted by atomic mass is 16.5. The van der Waals surface area contributed by atoms with Crippen LogP contribution in [0, 0.1) is 40.4 Å². The molecule has 0 heterocycles. The molecular formula is C46H58O5. The summed E-state index contributed by atoms with van der Waals surface area (Å²) in [6, 6.07) is 18.8. The Bertz CT molecular complexity index is 1760. The van der Waals surface area contributed by atoms with E-state index in [-0.39, 0.29) is 5.41 Å². The Morgan fingerprint density at radius 2 is 1.35 bits per heavy atom. The topological polar surface area (TPSA) is 65.0 Å². The molecule has 0 spiro atoms. The molecule has 0 bridgehead atoms. The van der Waals surface area contributed by atoms with Crippen LogP contribution in [0.25, 0.3) is 0 Å². The number of ether oxygens (including phenoxy) is 3. The zero-order valence-electron chi connectivity index (χ0n) is 31.5. The van der Waals surface area contributed by atoms with Crippen LogP contribution >= 0.6 is 0 Å². The molecule has 0 aliphatic heterocycles. The lowest BCUT2D eigenvalue weighted by molar-refractivity contribution is -0.129. The number of fused-ring (bicyclic) bond motifs is 10. The van der Waals surface area contributed by atoms with Gasteiger partial charge in [0.05, 0.1) is 14.2 Å². The molecule has 6 aliphatic carbocycles. The van der Waals surface area contributed by atoms with E-state index in [0.29, 0.717) is 53.0 Å². The van der Waals surface area contributed by atoms with Crippen molar-refractivity contribution in [1.82, 2.24) is 0 Å². The Morgan fingerprint density at radius 3 is 2.06 bits per heavy atom. The van der Waals surface area contributed by atoms with Crippen LogP contribution in [0.4, 0.5) is 0 Å². The molecule has 51 heavy (non-hydrogen) atoms. The fourth-order valence-corrected chi connectivity index (χ4v) is 12.4. The number of aromatic hydroxyl groups is 1. The summed E-state index contributed by atoms with van der Waals surface area (Å²) in [4.78, 5) is 12.5. The number of hydrogen-bond acceptors (Lipinski definition) is 5. The normalized spacial score (nSPS) is 34.4. The molecule has 0 saturated heterocycles. The summed E-state index contributed by atoms with van der Waals surface area (Å²) in [6.45, 7) is 7.81. The van der Waals surface area contributed by atoms with Crippen LogP contribution in [0.1, 0.15) is 125 Å². The predicted molar refractivity (Wildman–Crippen MR) is 202 cm³/mol. The summed E-state index contributed by atoms with van der Waals surface area (Å²) < 4.78 is 17.2. The monoisotopic (exact) mass is 690 g/mol. The zero-order chi connectivity index (χ0) is 35.5. The molecule has 4 fully saturated rings. The van der Waals surface area contributed by atoms with Crippen molar-refractivity contribution in [1.29, 1.82) is 0 Å². The SMILES string of the molecule is COc1cc2c(cc1O)CCC1C2CC[C@@]2(C)C1CC[C@@H]2C.COc1cc2c(cc1OCc1ccccc1)CCC1C2CC[C@]2(C)C(=O)CCC12. The van der Waals surface area contributed by atoms with Crippen LogP contribution in [0.3, 0.4) is 0 Å². The van der Waals surface area contributed by atoms with Gasteiger partial charge in [0.15, 0.2) is 23.0 Å². The van der Waals surface area contributed by atoms with E-state index in [1.54, 1.807) is 14.2 Å². The number of Topliss-reactive ketones (excluding diaryl/α,β-unsaturated/α-hetero) is 1. The van der Waals surface area contributed by atoms with E-state index in [1.165, 1.54) is 60.8 Å². The van der Waals surface area contributed by atoms with Gasteiger partial charge in [-0.15, -0.1) is 0 Å². The van der Waals surface area contributed by atoms with Gasteiger partial charge in [-0.2, -0.15) is 0 Å². The molecule has 272 valence electrons. The Balaban J connectivity index is 0.000000152. The van der Waals surface area contributed by atoms with Crippen molar-refractivity contribution in [2.75, 3.05) is 14.2 Å². The standard InChI is InChI=1S/C26H30O3.C20H28O2/c1-26-13-12-19-20(22(26)10-11-25(26)27)9-8-18-14-24(23(28-2)15-21(18)19)29-16-17-6-4-3-5-7-17;1-12-4-7-17-15-6-5-13-10-18(21)19(22-3)11-16(13)14(15)8-9-20(12,17)2/h3-7,14-15,19-20,22H,8-13,16H2,1-2H3;10-12,14-15,17,21H,4-9H2,1-3H3/t19?,20?,22?,26-;12-,14?,15?,17?,20+/m00/s1. The van der Waals surface area contributed by atoms with Crippen LogP contribution in [0.2, 0.25) is 0 Å². The number of hydrogen-bond donors (Lipinski definition) is 1. The summed E-state index contributed by atoms with van der Waals surface area (Å²) in [5.41, 5.74) is 7.32. The van der Waals surface area contributed by atoms with Gasteiger partial charge in [-0.3, -0.25) is 4.79 Å². The second kappa shape index (κ2) is 13.5. The number of benzene rings is 3. The molecule has 3 aromatic rings. The Morgan fingerprint density at radius 1 is 0.706 bits per heavy atom. The molecule has 0 amide bonds. The van der Waals surface area contributed by atoms with Gasteiger partial charge < -0.3 is 19.3 Å². The number of carbonyl (C=O) groups is 1. The molecule has 9 atom stereocenters. The van der Waals surface area contributed by atoms with Crippen molar-refractivity contribution in [3.8, 4) is 23.0 Å². The van der Waals surface area contributed by atoms with Crippen LogP contribution < -0.4 is 14.2 Å². The van der Waals surface area contributed by atoms with Crippen molar-refractivity contribution in [3.05, 3.63) is 82.4 Å². The van der Waals surface area contributed by atoms with E-state index in [4.69, 9.17) is 14.2 Å². The summed E-state index contributed by atoms with van der Waals surface area (Å²) in [7, 11) is 3.38. The van der Waals surface area contributed by atoms with E-state index in [9.17, 15) is 9.90 Å². The van der Waals surface area contributed by atoms with Gasteiger partial charge in [-0.25, -0.2) is 0 Å².